The van der Waals surface area contributed by atoms with E-state index in [9.17, 15) is 0 Å². The zero-order valence-electron chi connectivity index (χ0n) is 13.1. The number of hydrogen-bond donors (Lipinski definition) is 1. The molecule has 1 aromatic heterocycles. The molecule has 0 aliphatic carbocycles. The summed E-state index contributed by atoms with van der Waals surface area (Å²) in [6.45, 7) is 5.03. The standard InChI is InChI=1S/C17H24N4/c1-12-8-9-14-6-4-5-7-16(14)21(12)17-15(10-11-18)13(2)19-20(17)3/h4-7,12H,8-11,18H2,1-3H3. The third-order valence-electron chi connectivity index (χ3n) is 4.46. The van der Waals surface area contributed by atoms with Crippen LogP contribution in [0.15, 0.2) is 24.3 Å². The Morgan fingerprint density at radius 1 is 1.33 bits per heavy atom. The maximum absolute atomic E-state index is 5.81. The zero-order chi connectivity index (χ0) is 15.0. The highest BCUT2D eigenvalue weighted by Crippen LogP contribution is 2.38. The SMILES string of the molecule is Cc1nn(C)c(N2c3ccccc3CCC2C)c1CCN. The van der Waals surface area contributed by atoms with Gasteiger partial charge in [0.05, 0.1) is 5.69 Å². The molecule has 1 aliphatic rings. The Kier molecular flexibility index (Phi) is 3.72. The van der Waals surface area contributed by atoms with Crippen LogP contribution in [-0.4, -0.2) is 22.4 Å². The lowest BCUT2D eigenvalue weighted by molar-refractivity contribution is 0.596. The molecule has 1 unspecified atom stereocenters. The van der Waals surface area contributed by atoms with Crippen molar-refractivity contribution >= 4 is 11.5 Å². The second-order valence-electron chi connectivity index (χ2n) is 5.94. The molecule has 1 atom stereocenters. The van der Waals surface area contributed by atoms with Crippen LogP contribution >= 0.6 is 0 Å². The van der Waals surface area contributed by atoms with Gasteiger partial charge in [-0.25, -0.2) is 0 Å². The van der Waals surface area contributed by atoms with Gasteiger partial charge in [0.15, 0.2) is 0 Å². The van der Waals surface area contributed by atoms with Crippen LogP contribution in [0, 0.1) is 6.92 Å². The van der Waals surface area contributed by atoms with E-state index in [2.05, 4.69) is 48.1 Å². The first-order valence-electron chi connectivity index (χ1n) is 7.73. The van der Waals surface area contributed by atoms with Gasteiger partial charge in [-0.15, -0.1) is 0 Å². The van der Waals surface area contributed by atoms with Crippen LogP contribution in [-0.2, 0) is 19.9 Å². The van der Waals surface area contributed by atoms with Crippen LogP contribution in [0.2, 0.25) is 0 Å². The third-order valence-corrected chi connectivity index (χ3v) is 4.46. The molecule has 4 heteroatoms. The van der Waals surface area contributed by atoms with Crippen molar-refractivity contribution in [3.05, 3.63) is 41.1 Å². The van der Waals surface area contributed by atoms with Gasteiger partial charge in [0, 0.05) is 24.3 Å². The lowest BCUT2D eigenvalue weighted by Gasteiger charge is -2.37. The number of nitrogens with two attached hydrogens (primary N) is 1. The highest BCUT2D eigenvalue weighted by molar-refractivity contribution is 5.69. The van der Waals surface area contributed by atoms with E-state index in [-0.39, 0.29) is 0 Å². The Balaban J connectivity index is 2.16. The summed E-state index contributed by atoms with van der Waals surface area (Å²) in [6, 6.07) is 9.18. The highest BCUT2D eigenvalue weighted by atomic mass is 15.4. The average molecular weight is 284 g/mol. The highest BCUT2D eigenvalue weighted by Gasteiger charge is 2.28. The number of anilines is 2. The first-order chi connectivity index (χ1) is 10.1. The van der Waals surface area contributed by atoms with Gasteiger partial charge in [0.2, 0.25) is 0 Å². The van der Waals surface area contributed by atoms with Gasteiger partial charge < -0.3 is 10.6 Å². The summed E-state index contributed by atoms with van der Waals surface area (Å²) in [5.41, 5.74) is 10.9. The monoisotopic (exact) mass is 284 g/mol. The van der Waals surface area contributed by atoms with E-state index in [0.717, 1.165) is 18.5 Å². The molecule has 0 radical (unpaired) electrons. The maximum Gasteiger partial charge on any atom is 0.134 e. The Bertz CT molecular complexity index is 644. The van der Waals surface area contributed by atoms with Crippen LogP contribution in [0.3, 0.4) is 0 Å². The molecule has 0 bridgehead atoms. The molecule has 1 aromatic carbocycles. The van der Waals surface area contributed by atoms with E-state index in [0.29, 0.717) is 12.6 Å². The molecule has 0 amide bonds. The van der Waals surface area contributed by atoms with E-state index in [1.807, 2.05) is 11.7 Å². The molecule has 0 spiro atoms. The molecule has 0 saturated heterocycles. The van der Waals surface area contributed by atoms with Crippen molar-refractivity contribution in [2.24, 2.45) is 12.8 Å². The van der Waals surface area contributed by atoms with Crippen molar-refractivity contribution in [1.29, 1.82) is 0 Å². The van der Waals surface area contributed by atoms with Crippen molar-refractivity contribution in [1.82, 2.24) is 9.78 Å². The normalized spacial score (nSPS) is 17.9. The van der Waals surface area contributed by atoms with Gasteiger partial charge in [0.25, 0.3) is 0 Å². The predicted octanol–water partition coefficient (Wildman–Crippen LogP) is 2.70. The van der Waals surface area contributed by atoms with Crippen molar-refractivity contribution in [3.63, 3.8) is 0 Å². The second-order valence-corrected chi connectivity index (χ2v) is 5.94. The summed E-state index contributed by atoms with van der Waals surface area (Å²) in [5.74, 6) is 1.21. The molecule has 21 heavy (non-hydrogen) atoms. The Morgan fingerprint density at radius 2 is 2.10 bits per heavy atom. The number of rotatable bonds is 3. The molecule has 0 saturated carbocycles. The smallest absolute Gasteiger partial charge is 0.134 e. The number of aryl methyl sites for hydroxylation is 3. The largest absolute Gasteiger partial charge is 0.330 e. The Hall–Kier alpha value is -1.81. The lowest BCUT2D eigenvalue weighted by Crippen LogP contribution is -2.35. The van der Waals surface area contributed by atoms with Crippen LogP contribution in [0.25, 0.3) is 0 Å². The first-order valence-corrected chi connectivity index (χ1v) is 7.73. The number of aromatic nitrogens is 2. The number of para-hydroxylation sites is 1. The Labute approximate surface area is 126 Å². The van der Waals surface area contributed by atoms with Gasteiger partial charge in [-0.2, -0.15) is 5.10 Å². The molecular formula is C17H24N4. The molecule has 112 valence electrons. The summed E-state index contributed by atoms with van der Waals surface area (Å²) in [7, 11) is 2.03. The van der Waals surface area contributed by atoms with E-state index in [1.54, 1.807) is 0 Å². The summed E-state index contributed by atoms with van der Waals surface area (Å²) >= 11 is 0. The fourth-order valence-electron chi connectivity index (χ4n) is 3.44. The van der Waals surface area contributed by atoms with E-state index < -0.39 is 0 Å². The van der Waals surface area contributed by atoms with Crippen LogP contribution < -0.4 is 10.6 Å². The Morgan fingerprint density at radius 3 is 2.86 bits per heavy atom. The van der Waals surface area contributed by atoms with Gasteiger partial charge in [-0.3, -0.25) is 4.68 Å². The number of fused-ring (bicyclic) bond motifs is 1. The van der Waals surface area contributed by atoms with Gasteiger partial charge in [-0.05, 0) is 51.3 Å². The first kappa shape index (κ1) is 14.1. The van der Waals surface area contributed by atoms with E-state index >= 15 is 0 Å². The molecule has 1 aliphatic heterocycles. The summed E-state index contributed by atoms with van der Waals surface area (Å²) in [6.07, 6.45) is 3.20. The van der Waals surface area contributed by atoms with Gasteiger partial charge in [0.1, 0.15) is 5.82 Å². The summed E-state index contributed by atoms with van der Waals surface area (Å²) < 4.78 is 2.01. The lowest BCUT2D eigenvalue weighted by atomic mass is 9.96. The van der Waals surface area contributed by atoms with Gasteiger partial charge >= 0.3 is 0 Å². The fourth-order valence-corrected chi connectivity index (χ4v) is 3.44. The van der Waals surface area contributed by atoms with Crippen molar-refractivity contribution < 1.29 is 0 Å². The summed E-state index contributed by atoms with van der Waals surface area (Å²) in [5, 5.41) is 4.63. The minimum absolute atomic E-state index is 0.478. The third kappa shape index (κ3) is 2.33. The van der Waals surface area contributed by atoms with Crippen molar-refractivity contribution in [2.45, 2.75) is 39.2 Å². The van der Waals surface area contributed by atoms with Crippen molar-refractivity contribution in [2.75, 3.05) is 11.4 Å². The predicted molar refractivity (Wildman–Crippen MR) is 87.1 cm³/mol. The molecule has 2 aromatic rings. The van der Waals surface area contributed by atoms with Gasteiger partial charge in [-0.1, -0.05) is 18.2 Å². The fraction of sp³-hybridized carbons (Fsp3) is 0.471. The van der Waals surface area contributed by atoms with Crippen LogP contribution in [0.5, 0.6) is 0 Å². The van der Waals surface area contributed by atoms with Crippen LogP contribution in [0.1, 0.15) is 30.2 Å². The number of benzene rings is 1. The van der Waals surface area contributed by atoms with Crippen molar-refractivity contribution in [3.8, 4) is 0 Å². The zero-order valence-corrected chi connectivity index (χ0v) is 13.1. The molecule has 3 rings (SSSR count). The van der Waals surface area contributed by atoms with E-state index in [4.69, 9.17) is 5.73 Å². The molecule has 2 N–H and O–H groups in total. The molecular weight excluding hydrogens is 260 g/mol. The molecule has 2 heterocycles. The minimum Gasteiger partial charge on any atom is -0.330 e. The number of hydrogen-bond acceptors (Lipinski definition) is 3. The molecule has 0 fully saturated rings. The maximum atomic E-state index is 5.81. The minimum atomic E-state index is 0.478. The quantitative estimate of drug-likeness (QED) is 0.942. The summed E-state index contributed by atoms with van der Waals surface area (Å²) in [4.78, 5) is 2.45. The van der Waals surface area contributed by atoms with Crippen LogP contribution in [0.4, 0.5) is 11.5 Å². The van der Waals surface area contributed by atoms with E-state index in [1.165, 1.54) is 29.1 Å². The molecule has 4 nitrogen and oxygen atoms in total. The second kappa shape index (κ2) is 5.53. The number of nitrogens with zero attached hydrogens (tertiary/aromatic N) is 3. The topological polar surface area (TPSA) is 47.1 Å². The average Bonchev–Trinajstić information content (AvgIpc) is 2.74.